The average molecular weight is 500 g/mol. The molecule has 4 rings (SSSR count). The fourth-order valence-electron chi connectivity index (χ4n) is 4.08. The number of aromatic nitrogens is 1. The van der Waals surface area contributed by atoms with Crippen molar-refractivity contribution in [3.8, 4) is 0 Å². The van der Waals surface area contributed by atoms with Crippen molar-refractivity contribution in [3.63, 3.8) is 0 Å². The van der Waals surface area contributed by atoms with E-state index < -0.39 is 27.7 Å². The lowest BCUT2D eigenvalue weighted by atomic mass is 10.1. The molecule has 1 fully saturated rings. The van der Waals surface area contributed by atoms with Crippen LogP contribution in [0.1, 0.15) is 17.3 Å². The molecule has 10 nitrogen and oxygen atoms in total. The van der Waals surface area contributed by atoms with Gasteiger partial charge in [0.05, 0.1) is 16.1 Å². The van der Waals surface area contributed by atoms with E-state index in [1.165, 1.54) is 18.3 Å². The van der Waals surface area contributed by atoms with Gasteiger partial charge in [-0.3, -0.25) is 14.9 Å². The number of nitrogens with one attached hydrogen (secondary N) is 1. The van der Waals surface area contributed by atoms with Gasteiger partial charge in [0.2, 0.25) is 5.43 Å². The number of pyridine rings is 1. The van der Waals surface area contributed by atoms with E-state index in [-0.39, 0.29) is 11.1 Å². The molecule has 182 valence electrons. The van der Waals surface area contributed by atoms with E-state index in [0.717, 1.165) is 6.07 Å². The van der Waals surface area contributed by atoms with E-state index in [1.54, 1.807) is 22.8 Å². The fraction of sp³-hybridized carbons (Fsp3) is 0.261. The van der Waals surface area contributed by atoms with Gasteiger partial charge in [-0.05, 0) is 43.4 Å². The third-order valence-corrected chi connectivity index (χ3v) is 6.32. The molecule has 2 aromatic carbocycles. The molecule has 0 amide bonds. The summed E-state index contributed by atoms with van der Waals surface area (Å²) in [6, 6.07) is 8.63. The quantitative estimate of drug-likeness (QED) is 0.309. The van der Waals surface area contributed by atoms with Crippen LogP contribution in [0.3, 0.4) is 0 Å². The third kappa shape index (κ3) is 4.78. The highest BCUT2D eigenvalue weighted by Crippen LogP contribution is 2.26. The number of hydrogen-bond donors (Lipinski definition) is 2. The smallest absolute Gasteiger partial charge is 0.341 e. The van der Waals surface area contributed by atoms with Gasteiger partial charge >= 0.3 is 5.97 Å². The number of fused-ring (bicyclic) bond motifs is 1. The number of aromatic carboxylic acids is 1. The fourth-order valence-corrected chi connectivity index (χ4v) is 4.38. The zero-order chi connectivity index (χ0) is 25.3. The SMILES string of the molecule is CCn1cc(C(=O)O)c(=O)c2cc(F)c(N3CCN(C(=S)Nc4ccc([N+](=O)[O-])cc4)CC3)cc21. The minimum atomic E-state index is -1.35. The maximum absolute atomic E-state index is 15.0. The number of non-ortho nitro benzene ring substituents is 1. The lowest BCUT2D eigenvalue weighted by molar-refractivity contribution is -0.384. The summed E-state index contributed by atoms with van der Waals surface area (Å²) in [4.78, 5) is 38.1. The number of aryl methyl sites for hydroxylation is 1. The van der Waals surface area contributed by atoms with Crippen LogP contribution >= 0.6 is 12.2 Å². The number of hydrogen-bond acceptors (Lipinski definition) is 6. The second-order valence-electron chi connectivity index (χ2n) is 7.99. The Morgan fingerprint density at radius 1 is 1.20 bits per heavy atom. The maximum Gasteiger partial charge on any atom is 0.341 e. The molecule has 1 aromatic heterocycles. The topological polar surface area (TPSA) is 121 Å². The van der Waals surface area contributed by atoms with Crippen LogP contribution in [-0.4, -0.2) is 56.8 Å². The molecule has 2 heterocycles. The van der Waals surface area contributed by atoms with Crippen LogP contribution in [0.15, 0.2) is 47.4 Å². The second-order valence-corrected chi connectivity index (χ2v) is 8.38. The lowest BCUT2D eigenvalue weighted by Gasteiger charge is -2.37. The molecule has 2 N–H and O–H groups in total. The number of halogens is 1. The second kappa shape index (κ2) is 9.66. The van der Waals surface area contributed by atoms with Crippen LogP contribution in [0, 0.1) is 15.9 Å². The van der Waals surface area contributed by atoms with Crippen molar-refractivity contribution in [1.82, 2.24) is 9.47 Å². The van der Waals surface area contributed by atoms with Crippen molar-refractivity contribution in [2.75, 3.05) is 36.4 Å². The predicted octanol–water partition coefficient (Wildman–Crippen LogP) is 3.29. The van der Waals surface area contributed by atoms with Crippen LogP contribution < -0.4 is 15.6 Å². The number of carbonyl (C=O) groups is 1. The van der Waals surface area contributed by atoms with Crippen molar-refractivity contribution in [1.29, 1.82) is 0 Å². The summed E-state index contributed by atoms with van der Waals surface area (Å²) in [5.74, 6) is -1.95. The average Bonchev–Trinajstić information content (AvgIpc) is 2.84. The number of thiocarbonyl (C=S) groups is 1. The minimum absolute atomic E-state index is 0.0137. The van der Waals surface area contributed by atoms with Crippen LogP contribution in [0.4, 0.5) is 21.5 Å². The van der Waals surface area contributed by atoms with E-state index in [2.05, 4.69) is 5.32 Å². The van der Waals surface area contributed by atoms with Crippen molar-refractivity contribution in [2.45, 2.75) is 13.5 Å². The molecule has 0 spiro atoms. The molecular weight excluding hydrogens is 477 g/mol. The van der Waals surface area contributed by atoms with Crippen LogP contribution in [0.2, 0.25) is 0 Å². The Labute approximate surface area is 204 Å². The van der Waals surface area contributed by atoms with Gasteiger partial charge < -0.3 is 24.8 Å². The molecule has 0 radical (unpaired) electrons. The Morgan fingerprint density at radius 2 is 1.86 bits per heavy atom. The maximum atomic E-state index is 15.0. The monoisotopic (exact) mass is 499 g/mol. The normalized spacial score (nSPS) is 13.7. The summed E-state index contributed by atoms with van der Waals surface area (Å²) in [5, 5.41) is 23.7. The molecule has 0 aliphatic carbocycles. The Balaban J connectivity index is 1.50. The molecule has 1 aliphatic rings. The Morgan fingerprint density at radius 3 is 2.43 bits per heavy atom. The number of nitro groups is 1. The molecule has 0 saturated carbocycles. The molecule has 0 atom stereocenters. The third-order valence-electron chi connectivity index (χ3n) is 5.96. The zero-order valence-corrected chi connectivity index (χ0v) is 19.5. The first-order valence-corrected chi connectivity index (χ1v) is 11.3. The summed E-state index contributed by atoms with van der Waals surface area (Å²) in [6.07, 6.45) is 1.29. The Kier molecular flexibility index (Phi) is 6.65. The van der Waals surface area contributed by atoms with Gasteiger partial charge in [-0.2, -0.15) is 0 Å². The highest BCUT2D eigenvalue weighted by atomic mass is 32.1. The molecule has 35 heavy (non-hydrogen) atoms. The largest absolute Gasteiger partial charge is 0.477 e. The molecular formula is C23H22FN5O5S. The van der Waals surface area contributed by atoms with Crippen molar-refractivity contribution >= 4 is 51.3 Å². The molecule has 1 saturated heterocycles. The first-order chi connectivity index (χ1) is 16.7. The minimum Gasteiger partial charge on any atom is -0.477 e. The highest BCUT2D eigenvalue weighted by Gasteiger charge is 2.23. The summed E-state index contributed by atoms with van der Waals surface area (Å²) in [5.41, 5.74) is 0.305. The molecule has 0 bridgehead atoms. The van der Waals surface area contributed by atoms with E-state index in [1.807, 2.05) is 16.7 Å². The summed E-state index contributed by atoms with van der Waals surface area (Å²) in [6.45, 7) is 4.18. The molecule has 12 heteroatoms. The Bertz CT molecular complexity index is 1380. The number of carboxylic acid groups (broad SMARTS) is 1. The van der Waals surface area contributed by atoms with E-state index >= 15 is 4.39 Å². The van der Waals surface area contributed by atoms with Gasteiger partial charge in [0.15, 0.2) is 5.11 Å². The number of nitro benzene ring substituents is 1. The molecule has 3 aromatic rings. The first-order valence-electron chi connectivity index (χ1n) is 10.8. The van der Waals surface area contributed by atoms with Crippen molar-refractivity contribution in [3.05, 3.63) is 74.3 Å². The number of benzene rings is 2. The van der Waals surface area contributed by atoms with Crippen molar-refractivity contribution in [2.24, 2.45) is 0 Å². The number of carboxylic acids is 1. The van der Waals surface area contributed by atoms with Crippen LogP contribution in [0.5, 0.6) is 0 Å². The van der Waals surface area contributed by atoms with Gasteiger partial charge in [-0.15, -0.1) is 0 Å². The number of rotatable bonds is 5. The first kappa shape index (κ1) is 24.1. The van der Waals surface area contributed by atoms with E-state index in [0.29, 0.717) is 54.7 Å². The van der Waals surface area contributed by atoms with Gasteiger partial charge in [-0.25, -0.2) is 9.18 Å². The van der Waals surface area contributed by atoms with Gasteiger partial charge in [-0.1, -0.05) is 0 Å². The van der Waals surface area contributed by atoms with Gasteiger partial charge in [0.25, 0.3) is 5.69 Å². The summed E-state index contributed by atoms with van der Waals surface area (Å²) in [7, 11) is 0. The Hall–Kier alpha value is -4.06. The van der Waals surface area contributed by atoms with Crippen LogP contribution in [-0.2, 0) is 6.54 Å². The van der Waals surface area contributed by atoms with Gasteiger partial charge in [0.1, 0.15) is 11.4 Å². The lowest BCUT2D eigenvalue weighted by Crippen LogP contribution is -2.50. The number of anilines is 2. The van der Waals surface area contributed by atoms with E-state index in [9.17, 15) is 24.8 Å². The number of piperazine rings is 1. The van der Waals surface area contributed by atoms with E-state index in [4.69, 9.17) is 12.2 Å². The summed E-state index contributed by atoms with van der Waals surface area (Å²) < 4.78 is 16.7. The summed E-state index contributed by atoms with van der Waals surface area (Å²) >= 11 is 5.47. The zero-order valence-electron chi connectivity index (χ0n) is 18.7. The van der Waals surface area contributed by atoms with Gasteiger partial charge in [0, 0.05) is 62.1 Å². The predicted molar refractivity (Wildman–Crippen MR) is 134 cm³/mol. The van der Waals surface area contributed by atoms with Crippen LogP contribution in [0.25, 0.3) is 10.9 Å². The number of nitrogens with zero attached hydrogens (tertiary/aromatic N) is 4. The van der Waals surface area contributed by atoms with Crippen molar-refractivity contribution < 1.29 is 19.2 Å². The molecule has 1 aliphatic heterocycles. The highest BCUT2D eigenvalue weighted by molar-refractivity contribution is 7.80. The molecule has 0 unspecified atom stereocenters. The standard InChI is InChI=1S/C23H22FN5O5S/c1-2-26-13-17(22(31)32)21(30)16-11-18(24)20(12-19(16)26)27-7-9-28(10-8-27)23(35)25-14-3-5-15(6-4-14)29(33)34/h3-6,11-13H,2,7-10H2,1H3,(H,25,35)(H,31,32).